The minimum atomic E-state index is -0.408. The monoisotopic (exact) mass is 318 g/mol. The fourth-order valence-electron chi connectivity index (χ4n) is 3.07. The average molecular weight is 318 g/mol. The number of nitrogens with zero attached hydrogens (tertiary/aromatic N) is 2. The van der Waals surface area contributed by atoms with Crippen molar-refractivity contribution in [1.82, 2.24) is 9.88 Å². The molecule has 1 aliphatic rings. The molecule has 0 aliphatic carbocycles. The molecule has 23 heavy (non-hydrogen) atoms. The highest BCUT2D eigenvalue weighted by Gasteiger charge is 2.20. The number of rotatable bonds is 4. The van der Waals surface area contributed by atoms with Crippen LogP contribution in [0.4, 0.5) is 8.78 Å². The minimum Gasteiger partial charge on any atom is -0.396 e. The van der Waals surface area contributed by atoms with Crippen LogP contribution in [0.25, 0.3) is 11.3 Å². The number of aromatic nitrogens is 1. The molecule has 1 saturated heterocycles. The van der Waals surface area contributed by atoms with Crippen molar-refractivity contribution in [2.24, 2.45) is 5.92 Å². The quantitative estimate of drug-likeness (QED) is 0.940. The Bertz CT molecular complexity index is 661. The van der Waals surface area contributed by atoms with E-state index in [0.29, 0.717) is 23.4 Å². The zero-order valence-electron chi connectivity index (χ0n) is 12.9. The molecule has 0 amide bonds. The molecule has 1 aromatic carbocycles. The summed E-state index contributed by atoms with van der Waals surface area (Å²) in [7, 11) is 0. The van der Waals surface area contributed by atoms with Gasteiger partial charge in [0.25, 0.3) is 0 Å². The first-order valence-electron chi connectivity index (χ1n) is 7.89. The Balaban J connectivity index is 1.73. The van der Waals surface area contributed by atoms with Crippen molar-refractivity contribution in [3.63, 3.8) is 0 Å². The predicted molar refractivity (Wildman–Crippen MR) is 84.7 cm³/mol. The van der Waals surface area contributed by atoms with Gasteiger partial charge in [-0.2, -0.15) is 0 Å². The fraction of sp³-hybridized carbons (Fsp3) is 0.389. The summed E-state index contributed by atoms with van der Waals surface area (Å²) in [5.74, 6) is -0.399. The lowest BCUT2D eigenvalue weighted by molar-refractivity contribution is 0.115. The van der Waals surface area contributed by atoms with E-state index in [1.165, 1.54) is 12.1 Å². The third-order valence-electron chi connectivity index (χ3n) is 4.33. The lowest BCUT2D eigenvalue weighted by atomic mass is 9.98. The first-order valence-corrected chi connectivity index (χ1v) is 7.89. The van der Waals surface area contributed by atoms with Crippen molar-refractivity contribution in [2.75, 3.05) is 19.7 Å². The first kappa shape index (κ1) is 16.0. The van der Waals surface area contributed by atoms with Crippen LogP contribution in [0.1, 0.15) is 18.4 Å². The van der Waals surface area contributed by atoms with Crippen LogP contribution < -0.4 is 0 Å². The highest BCUT2D eigenvalue weighted by atomic mass is 19.1. The molecule has 3 nitrogen and oxygen atoms in total. The van der Waals surface area contributed by atoms with Crippen molar-refractivity contribution in [3.05, 3.63) is 53.7 Å². The molecule has 1 aromatic heterocycles. The van der Waals surface area contributed by atoms with Gasteiger partial charge in [-0.25, -0.2) is 8.78 Å². The molecule has 122 valence electrons. The smallest absolute Gasteiger partial charge is 0.141 e. The van der Waals surface area contributed by atoms with Gasteiger partial charge in [0.05, 0.1) is 11.9 Å². The number of aliphatic hydroxyl groups is 1. The highest BCUT2D eigenvalue weighted by molar-refractivity contribution is 5.59. The highest BCUT2D eigenvalue weighted by Crippen LogP contribution is 2.23. The Hall–Kier alpha value is -1.85. The first-order chi connectivity index (χ1) is 11.2. The summed E-state index contributed by atoms with van der Waals surface area (Å²) < 4.78 is 27.3. The van der Waals surface area contributed by atoms with E-state index >= 15 is 0 Å². The molecule has 1 fully saturated rings. The van der Waals surface area contributed by atoms with E-state index in [4.69, 9.17) is 0 Å². The second-order valence-corrected chi connectivity index (χ2v) is 6.09. The van der Waals surface area contributed by atoms with Crippen molar-refractivity contribution < 1.29 is 13.9 Å². The van der Waals surface area contributed by atoms with E-state index in [0.717, 1.165) is 32.1 Å². The number of benzene rings is 1. The van der Waals surface area contributed by atoms with E-state index in [2.05, 4.69) is 9.88 Å². The third kappa shape index (κ3) is 3.92. The minimum absolute atomic E-state index is 0.189. The molecule has 1 aliphatic heterocycles. The predicted octanol–water partition coefficient (Wildman–Crippen LogP) is 3.23. The second-order valence-electron chi connectivity index (χ2n) is 6.09. The molecular weight excluding hydrogens is 298 g/mol. The van der Waals surface area contributed by atoms with Crippen LogP contribution in [0.15, 0.2) is 36.5 Å². The van der Waals surface area contributed by atoms with Gasteiger partial charge < -0.3 is 5.11 Å². The number of likely N-dealkylation sites (tertiary alicyclic amines) is 1. The van der Waals surface area contributed by atoms with Gasteiger partial charge >= 0.3 is 0 Å². The summed E-state index contributed by atoms with van der Waals surface area (Å²) in [5.41, 5.74) is 1.82. The average Bonchev–Trinajstić information content (AvgIpc) is 2.57. The molecular formula is C18H20F2N2O. The van der Waals surface area contributed by atoms with Crippen molar-refractivity contribution in [1.29, 1.82) is 0 Å². The van der Waals surface area contributed by atoms with Crippen LogP contribution in [0.5, 0.6) is 0 Å². The van der Waals surface area contributed by atoms with Crippen LogP contribution in [0, 0.1) is 17.6 Å². The molecule has 2 heterocycles. The number of hydrogen-bond donors (Lipinski definition) is 1. The molecule has 1 unspecified atom stereocenters. The second kappa shape index (κ2) is 7.15. The molecule has 0 saturated carbocycles. The number of halogens is 2. The zero-order valence-corrected chi connectivity index (χ0v) is 12.9. The maximum absolute atomic E-state index is 14.4. The maximum atomic E-state index is 14.4. The van der Waals surface area contributed by atoms with E-state index < -0.39 is 5.82 Å². The van der Waals surface area contributed by atoms with Gasteiger partial charge in [0, 0.05) is 30.8 Å². The largest absolute Gasteiger partial charge is 0.396 e. The summed E-state index contributed by atoms with van der Waals surface area (Å²) >= 11 is 0. The molecule has 0 bridgehead atoms. The maximum Gasteiger partial charge on any atom is 0.141 e. The molecule has 2 aromatic rings. The summed E-state index contributed by atoms with van der Waals surface area (Å²) in [6, 6.07) is 7.88. The lowest BCUT2D eigenvalue weighted by Crippen LogP contribution is -2.36. The van der Waals surface area contributed by atoms with Gasteiger partial charge in [-0.15, -0.1) is 0 Å². The SMILES string of the molecule is OCC1CCCN(Cc2ccc(-c3ccc(F)cn3)cc2F)C1. The summed E-state index contributed by atoms with van der Waals surface area (Å²) in [6.45, 7) is 2.46. The Morgan fingerprint density at radius 3 is 2.78 bits per heavy atom. The van der Waals surface area contributed by atoms with Gasteiger partial charge in [0.1, 0.15) is 11.6 Å². The fourth-order valence-corrected chi connectivity index (χ4v) is 3.07. The van der Waals surface area contributed by atoms with Crippen LogP contribution in [-0.4, -0.2) is 34.7 Å². The Morgan fingerprint density at radius 2 is 2.09 bits per heavy atom. The number of pyridine rings is 1. The molecule has 0 radical (unpaired) electrons. The van der Waals surface area contributed by atoms with Gasteiger partial charge in [0.15, 0.2) is 0 Å². The molecule has 1 N–H and O–H groups in total. The van der Waals surface area contributed by atoms with Crippen LogP contribution in [-0.2, 0) is 6.54 Å². The van der Waals surface area contributed by atoms with Crippen molar-refractivity contribution in [2.45, 2.75) is 19.4 Å². The Labute approximate surface area is 134 Å². The molecule has 5 heteroatoms. The van der Waals surface area contributed by atoms with E-state index in [1.54, 1.807) is 12.1 Å². The molecule has 0 spiro atoms. The number of aliphatic hydroxyl groups excluding tert-OH is 1. The van der Waals surface area contributed by atoms with Crippen LogP contribution in [0.3, 0.4) is 0 Å². The molecule has 1 atom stereocenters. The normalized spacial score (nSPS) is 19.0. The van der Waals surface area contributed by atoms with Crippen molar-refractivity contribution >= 4 is 0 Å². The Morgan fingerprint density at radius 1 is 1.22 bits per heavy atom. The van der Waals surface area contributed by atoms with Gasteiger partial charge in [-0.1, -0.05) is 12.1 Å². The topological polar surface area (TPSA) is 36.4 Å². The van der Waals surface area contributed by atoms with E-state index in [-0.39, 0.29) is 18.3 Å². The standard InChI is InChI=1S/C18H20F2N2O/c19-16-5-6-18(21-9-16)14-3-4-15(17(20)8-14)11-22-7-1-2-13(10-22)12-23/h3-6,8-9,13,23H,1-2,7,10-12H2. The third-order valence-corrected chi connectivity index (χ3v) is 4.33. The summed E-state index contributed by atoms with van der Waals surface area (Å²) in [4.78, 5) is 6.16. The van der Waals surface area contributed by atoms with Gasteiger partial charge in [-0.05, 0) is 43.5 Å². The van der Waals surface area contributed by atoms with Crippen LogP contribution >= 0.6 is 0 Å². The zero-order chi connectivity index (χ0) is 16.2. The van der Waals surface area contributed by atoms with E-state index in [9.17, 15) is 13.9 Å². The van der Waals surface area contributed by atoms with Crippen molar-refractivity contribution in [3.8, 4) is 11.3 Å². The van der Waals surface area contributed by atoms with E-state index in [1.807, 2.05) is 6.07 Å². The van der Waals surface area contributed by atoms with Gasteiger partial charge in [0.2, 0.25) is 0 Å². The molecule has 3 rings (SSSR count). The lowest BCUT2D eigenvalue weighted by Gasteiger charge is -2.31. The summed E-state index contributed by atoms with van der Waals surface area (Å²) in [5, 5.41) is 9.28. The number of hydrogen-bond acceptors (Lipinski definition) is 3. The Kier molecular flexibility index (Phi) is 4.98. The van der Waals surface area contributed by atoms with Crippen LogP contribution in [0.2, 0.25) is 0 Å². The number of piperidine rings is 1. The summed E-state index contributed by atoms with van der Waals surface area (Å²) in [6.07, 6.45) is 3.19. The van der Waals surface area contributed by atoms with Gasteiger partial charge in [-0.3, -0.25) is 9.88 Å².